The van der Waals surface area contributed by atoms with Crippen LogP contribution >= 0.6 is 0 Å². The van der Waals surface area contributed by atoms with Crippen LogP contribution in [0.25, 0.3) is 0 Å². The number of rotatable bonds is 1. The molecule has 2 fully saturated rings. The molecule has 74 valence electrons. The van der Waals surface area contributed by atoms with Crippen molar-refractivity contribution in [2.75, 3.05) is 6.54 Å². The van der Waals surface area contributed by atoms with Gasteiger partial charge < -0.3 is 14.8 Å². The van der Waals surface area contributed by atoms with Gasteiger partial charge in [-0.1, -0.05) is 13.0 Å². The van der Waals surface area contributed by atoms with E-state index in [1.807, 2.05) is 13.8 Å². The molecule has 2 rings (SSSR count). The molecule has 0 aromatic rings. The van der Waals surface area contributed by atoms with E-state index in [-0.39, 0.29) is 12.2 Å². The summed E-state index contributed by atoms with van der Waals surface area (Å²) in [6.07, 6.45) is 3.55. The Morgan fingerprint density at radius 1 is 1.54 bits per heavy atom. The molecule has 0 amide bonds. The third-order valence-corrected chi connectivity index (χ3v) is 2.42. The molecule has 0 saturated carbocycles. The summed E-state index contributed by atoms with van der Waals surface area (Å²) in [7, 11) is 0. The van der Waals surface area contributed by atoms with Crippen molar-refractivity contribution >= 4 is 0 Å². The van der Waals surface area contributed by atoms with Crippen LogP contribution in [0, 0.1) is 0 Å². The van der Waals surface area contributed by atoms with E-state index in [2.05, 4.69) is 18.3 Å². The van der Waals surface area contributed by atoms with Crippen LogP contribution in [0.2, 0.25) is 0 Å². The zero-order valence-corrected chi connectivity index (χ0v) is 8.46. The highest BCUT2D eigenvalue weighted by Crippen LogP contribution is 2.34. The Labute approximate surface area is 79.1 Å². The van der Waals surface area contributed by atoms with Gasteiger partial charge in [0.2, 0.25) is 0 Å². The Morgan fingerprint density at radius 3 is 3.00 bits per heavy atom. The summed E-state index contributed by atoms with van der Waals surface area (Å²) >= 11 is 0. The number of hydrogen-bond acceptors (Lipinski definition) is 3. The minimum atomic E-state index is -0.412. The summed E-state index contributed by atoms with van der Waals surface area (Å²) in [5.74, 6) is -0.412. The lowest BCUT2D eigenvalue weighted by atomic mass is 10.2. The average molecular weight is 183 g/mol. The lowest BCUT2D eigenvalue weighted by molar-refractivity contribution is -0.146. The quantitative estimate of drug-likeness (QED) is 0.666. The van der Waals surface area contributed by atoms with Crippen LogP contribution in [0.15, 0.2) is 11.8 Å². The van der Waals surface area contributed by atoms with E-state index < -0.39 is 5.79 Å². The highest BCUT2D eigenvalue weighted by molar-refractivity contribution is 5.17. The lowest BCUT2D eigenvalue weighted by Gasteiger charge is -2.19. The number of nitrogens with one attached hydrogen (secondary N) is 1. The van der Waals surface area contributed by atoms with Gasteiger partial charge in [-0.15, -0.1) is 0 Å². The van der Waals surface area contributed by atoms with Crippen LogP contribution in [0.3, 0.4) is 0 Å². The zero-order valence-electron chi connectivity index (χ0n) is 8.46. The Morgan fingerprint density at radius 2 is 2.31 bits per heavy atom. The maximum Gasteiger partial charge on any atom is 0.164 e. The summed E-state index contributed by atoms with van der Waals surface area (Å²) < 4.78 is 11.5. The molecule has 0 bridgehead atoms. The molecule has 2 aliphatic heterocycles. The topological polar surface area (TPSA) is 30.5 Å². The first-order valence-corrected chi connectivity index (χ1v) is 4.92. The van der Waals surface area contributed by atoms with Crippen molar-refractivity contribution in [2.24, 2.45) is 0 Å². The normalized spacial score (nSPS) is 39.2. The molecule has 13 heavy (non-hydrogen) atoms. The Bertz CT molecular complexity index is 235. The van der Waals surface area contributed by atoms with Crippen molar-refractivity contribution in [2.45, 2.75) is 45.2 Å². The fourth-order valence-corrected chi connectivity index (χ4v) is 1.98. The first-order valence-electron chi connectivity index (χ1n) is 4.92. The van der Waals surface area contributed by atoms with Crippen molar-refractivity contribution < 1.29 is 9.47 Å². The highest BCUT2D eigenvalue weighted by Gasteiger charge is 2.46. The van der Waals surface area contributed by atoms with Crippen LogP contribution in [0.4, 0.5) is 0 Å². The minimum Gasteiger partial charge on any atom is -0.384 e. The summed E-state index contributed by atoms with van der Waals surface area (Å²) in [5, 5.41) is 3.31. The number of allylic oxidation sites excluding steroid dienone is 1. The first-order chi connectivity index (χ1) is 6.12. The molecular weight excluding hydrogens is 166 g/mol. The van der Waals surface area contributed by atoms with Gasteiger partial charge in [0.15, 0.2) is 5.79 Å². The summed E-state index contributed by atoms with van der Waals surface area (Å²) in [5.41, 5.74) is 1.19. The molecule has 2 heterocycles. The molecule has 2 aliphatic rings. The van der Waals surface area contributed by atoms with Crippen LogP contribution in [-0.2, 0) is 9.47 Å². The molecule has 3 nitrogen and oxygen atoms in total. The monoisotopic (exact) mass is 183 g/mol. The molecule has 2 unspecified atom stereocenters. The molecule has 0 radical (unpaired) electrons. The molecule has 0 aliphatic carbocycles. The van der Waals surface area contributed by atoms with Crippen molar-refractivity contribution in [1.82, 2.24) is 5.32 Å². The van der Waals surface area contributed by atoms with Gasteiger partial charge in [0.1, 0.15) is 12.2 Å². The van der Waals surface area contributed by atoms with Crippen molar-refractivity contribution in [3.8, 4) is 0 Å². The second kappa shape index (κ2) is 3.00. The van der Waals surface area contributed by atoms with Gasteiger partial charge in [0.05, 0.1) is 0 Å². The van der Waals surface area contributed by atoms with Crippen molar-refractivity contribution in [3.05, 3.63) is 11.8 Å². The Kier molecular flexibility index (Phi) is 2.08. The number of fused-ring (bicyclic) bond motifs is 1. The predicted molar refractivity (Wildman–Crippen MR) is 50.2 cm³/mol. The Balaban J connectivity index is 2.12. The third-order valence-electron chi connectivity index (χ3n) is 2.42. The maximum absolute atomic E-state index is 5.78. The van der Waals surface area contributed by atoms with Crippen LogP contribution < -0.4 is 5.32 Å². The van der Waals surface area contributed by atoms with E-state index in [1.165, 1.54) is 5.70 Å². The zero-order chi connectivity index (χ0) is 9.47. The second-order valence-corrected chi connectivity index (χ2v) is 4.04. The number of hydrogen-bond donors (Lipinski definition) is 1. The summed E-state index contributed by atoms with van der Waals surface area (Å²) in [6, 6.07) is 0. The molecule has 0 aromatic carbocycles. The van der Waals surface area contributed by atoms with Crippen LogP contribution in [-0.4, -0.2) is 24.5 Å². The second-order valence-electron chi connectivity index (χ2n) is 4.04. The van der Waals surface area contributed by atoms with Gasteiger partial charge in [-0.25, -0.2) is 0 Å². The van der Waals surface area contributed by atoms with Gasteiger partial charge in [-0.3, -0.25) is 0 Å². The molecule has 0 spiro atoms. The third kappa shape index (κ3) is 1.58. The van der Waals surface area contributed by atoms with Crippen LogP contribution in [0.1, 0.15) is 27.2 Å². The predicted octanol–water partition coefficient (Wildman–Crippen LogP) is 1.40. The van der Waals surface area contributed by atoms with E-state index >= 15 is 0 Å². The first kappa shape index (κ1) is 9.03. The Hall–Kier alpha value is -0.540. The van der Waals surface area contributed by atoms with E-state index in [0.29, 0.717) is 0 Å². The fraction of sp³-hybridized carbons (Fsp3) is 0.800. The van der Waals surface area contributed by atoms with Gasteiger partial charge in [0.25, 0.3) is 0 Å². The van der Waals surface area contributed by atoms with E-state index in [0.717, 1.165) is 13.0 Å². The number of ether oxygens (including phenoxy) is 2. The lowest BCUT2D eigenvalue weighted by Crippen LogP contribution is -2.26. The molecule has 0 aromatic heterocycles. The van der Waals surface area contributed by atoms with E-state index in [4.69, 9.17) is 9.47 Å². The molecule has 2 atom stereocenters. The van der Waals surface area contributed by atoms with E-state index in [9.17, 15) is 0 Å². The van der Waals surface area contributed by atoms with Crippen LogP contribution in [0.5, 0.6) is 0 Å². The van der Waals surface area contributed by atoms with Crippen molar-refractivity contribution in [3.63, 3.8) is 0 Å². The molecule has 2 saturated heterocycles. The van der Waals surface area contributed by atoms with Gasteiger partial charge >= 0.3 is 0 Å². The highest BCUT2D eigenvalue weighted by atomic mass is 16.8. The van der Waals surface area contributed by atoms with Crippen molar-refractivity contribution in [1.29, 1.82) is 0 Å². The van der Waals surface area contributed by atoms with Gasteiger partial charge in [-0.2, -0.15) is 0 Å². The molecule has 3 heteroatoms. The largest absolute Gasteiger partial charge is 0.384 e. The summed E-state index contributed by atoms with van der Waals surface area (Å²) in [6.45, 7) is 6.94. The van der Waals surface area contributed by atoms with Gasteiger partial charge in [-0.05, 0) is 20.3 Å². The van der Waals surface area contributed by atoms with Gasteiger partial charge in [0, 0.05) is 12.2 Å². The SMILES string of the molecule is CCC=C1NCC2OC(C)(C)OC12. The average Bonchev–Trinajstić information content (AvgIpc) is 2.48. The summed E-state index contributed by atoms with van der Waals surface area (Å²) in [4.78, 5) is 0. The fourth-order valence-electron chi connectivity index (χ4n) is 1.98. The minimum absolute atomic E-state index is 0.134. The smallest absolute Gasteiger partial charge is 0.164 e. The molecular formula is C10H17NO2. The molecule has 1 N–H and O–H groups in total. The standard InChI is InChI=1S/C10H17NO2/c1-4-5-7-9-8(6-11-7)12-10(2,3)13-9/h5,8-9,11H,4,6H2,1-3H3. The maximum atomic E-state index is 5.78. The van der Waals surface area contributed by atoms with E-state index in [1.54, 1.807) is 0 Å².